The lowest BCUT2D eigenvalue weighted by molar-refractivity contribution is 0.0532. The van der Waals surface area contributed by atoms with Gasteiger partial charge in [0.1, 0.15) is 0 Å². The maximum Gasteiger partial charge on any atom is 0.253 e. The van der Waals surface area contributed by atoms with Crippen LogP contribution in [0.3, 0.4) is 0 Å². The van der Waals surface area contributed by atoms with Crippen molar-refractivity contribution in [1.29, 1.82) is 0 Å². The summed E-state index contributed by atoms with van der Waals surface area (Å²) in [5.74, 6) is 0.0147. The number of benzene rings is 1. The average Bonchev–Trinajstić information content (AvgIpc) is 2.57. The molecule has 2 rings (SSSR count). The van der Waals surface area contributed by atoms with Gasteiger partial charge in [-0.25, -0.2) is 0 Å². The first-order valence-electron chi connectivity index (χ1n) is 8.74. The molecule has 2 N–H and O–H groups in total. The maximum absolute atomic E-state index is 12.7. The zero-order valence-electron chi connectivity index (χ0n) is 15.6. The fourth-order valence-electron chi connectivity index (χ4n) is 3.18. The second-order valence-corrected chi connectivity index (χ2v) is 7.17. The van der Waals surface area contributed by atoms with E-state index in [2.05, 4.69) is 13.8 Å². The van der Waals surface area contributed by atoms with Gasteiger partial charge in [0.2, 0.25) is 0 Å². The largest absolute Gasteiger partial charge is 0.339 e. The van der Waals surface area contributed by atoms with Crippen molar-refractivity contribution in [2.24, 2.45) is 11.1 Å². The van der Waals surface area contributed by atoms with Gasteiger partial charge < -0.3 is 15.5 Å². The van der Waals surface area contributed by atoms with Crippen LogP contribution in [-0.4, -0.2) is 53.8 Å². The first kappa shape index (κ1) is 21.5. The predicted molar refractivity (Wildman–Crippen MR) is 103 cm³/mol. The highest BCUT2D eigenvalue weighted by Crippen LogP contribution is 2.28. The van der Waals surface area contributed by atoms with Crippen molar-refractivity contribution >= 4 is 24.2 Å². The van der Waals surface area contributed by atoms with E-state index in [0.29, 0.717) is 37.3 Å². The number of nitrogens with two attached hydrogens (primary N) is 1. The second-order valence-electron chi connectivity index (χ2n) is 7.17. The van der Waals surface area contributed by atoms with Crippen LogP contribution in [0.5, 0.6) is 0 Å². The van der Waals surface area contributed by atoms with Crippen molar-refractivity contribution < 1.29 is 9.59 Å². The SMILES string of the molecule is CCN(CC)C(=O)c1ccc(C(=O)N2CCC(N)C(C)(C)C2)cc1.Cl. The molecule has 2 amide bonds. The van der Waals surface area contributed by atoms with E-state index in [9.17, 15) is 9.59 Å². The fourth-order valence-corrected chi connectivity index (χ4v) is 3.18. The minimum absolute atomic E-state index is 0. The Labute approximate surface area is 157 Å². The molecule has 0 bridgehead atoms. The zero-order chi connectivity index (χ0) is 17.9. The van der Waals surface area contributed by atoms with E-state index in [4.69, 9.17) is 5.73 Å². The topological polar surface area (TPSA) is 66.6 Å². The molecule has 1 aromatic rings. The highest BCUT2D eigenvalue weighted by molar-refractivity contribution is 5.97. The van der Waals surface area contributed by atoms with E-state index < -0.39 is 0 Å². The first-order valence-corrected chi connectivity index (χ1v) is 8.74. The highest BCUT2D eigenvalue weighted by Gasteiger charge is 2.35. The molecule has 25 heavy (non-hydrogen) atoms. The molecular weight excluding hydrogens is 338 g/mol. The summed E-state index contributed by atoms with van der Waals surface area (Å²) in [6, 6.07) is 7.11. The average molecular weight is 368 g/mol. The summed E-state index contributed by atoms with van der Waals surface area (Å²) in [7, 11) is 0. The summed E-state index contributed by atoms with van der Waals surface area (Å²) < 4.78 is 0. The number of likely N-dealkylation sites (tertiary alicyclic amines) is 1. The highest BCUT2D eigenvalue weighted by atomic mass is 35.5. The quantitative estimate of drug-likeness (QED) is 0.889. The number of nitrogens with zero attached hydrogens (tertiary/aromatic N) is 2. The molecule has 1 aliphatic rings. The summed E-state index contributed by atoms with van der Waals surface area (Å²) in [5, 5.41) is 0. The Bertz CT molecular complexity index is 597. The number of rotatable bonds is 4. The lowest BCUT2D eigenvalue weighted by Crippen LogP contribution is -2.54. The smallest absolute Gasteiger partial charge is 0.253 e. The molecule has 6 heteroatoms. The van der Waals surface area contributed by atoms with Gasteiger partial charge in [-0.05, 0) is 49.9 Å². The Morgan fingerprint density at radius 3 is 2.16 bits per heavy atom. The number of amides is 2. The van der Waals surface area contributed by atoms with E-state index in [1.54, 1.807) is 29.2 Å². The standard InChI is InChI=1S/C19H29N3O2.ClH/c1-5-21(6-2)17(23)14-7-9-15(10-8-14)18(24)22-12-11-16(20)19(3,4)13-22;/h7-10,16H,5-6,11-13,20H2,1-4H3;1H. The first-order chi connectivity index (χ1) is 11.3. The fraction of sp³-hybridized carbons (Fsp3) is 0.579. The minimum Gasteiger partial charge on any atom is -0.339 e. The van der Waals surface area contributed by atoms with Gasteiger partial charge in [-0.3, -0.25) is 9.59 Å². The Kier molecular flexibility index (Phi) is 7.44. The van der Waals surface area contributed by atoms with Crippen molar-refractivity contribution in [1.82, 2.24) is 9.80 Å². The van der Waals surface area contributed by atoms with Crippen LogP contribution in [0.15, 0.2) is 24.3 Å². The molecule has 0 saturated carbocycles. The second kappa shape index (κ2) is 8.68. The van der Waals surface area contributed by atoms with Gasteiger partial charge >= 0.3 is 0 Å². The van der Waals surface area contributed by atoms with Gasteiger partial charge in [0, 0.05) is 43.3 Å². The number of halogens is 1. The van der Waals surface area contributed by atoms with Crippen LogP contribution in [0.1, 0.15) is 54.8 Å². The van der Waals surface area contributed by atoms with Gasteiger partial charge in [0.15, 0.2) is 0 Å². The Balaban J connectivity index is 0.00000312. The van der Waals surface area contributed by atoms with E-state index in [-0.39, 0.29) is 35.7 Å². The van der Waals surface area contributed by atoms with Crippen LogP contribution in [0.25, 0.3) is 0 Å². The van der Waals surface area contributed by atoms with E-state index in [1.807, 2.05) is 18.7 Å². The molecule has 1 unspecified atom stereocenters. The third kappa shape index (κ3) is 4.73. The lowest BCUT2D eigenvalue weighted by Gasteiger charge is -2.42. The molecule has 0 radical (unpaired) electrons. The van der Waals surface area contributed by atoms with Gasteiger partial charge in [0.05, 0.1) is 0 Å². The van der Waals surface area contributed by atoms with Crippen LogP contribution in [0.2, 0.25) is 0 Å². The number of carbonyl (C=O) groups is 2. The van der Waals surface area contributed by atoms with Gasteiger partial charge in [0.25, 0.3) is 11.8 Å². The van der Waals surface area contributed by atoms with E-state index in [0.717, 1.165) is 6.42 Å². The van der Waals surface area contributed by atoms with Crippen molar-refractivity contribution in [2.45, 2.75) is 40.2 Å². The zero-order valence-corrected chi connectivity index (χ0v) is 16.4. The lowest BCUT2D eigenvalue weighted by atomic mass is 9.79. The Morgan fingerprint density at radius 1 is 1.16 bits per heavy atom. The normalized spacial score (nSPS) is 19.1. The maximum atomic E-state index is 12.7. The van der Waals surface area contributed by atoms with Crippen molar-refractivity contribution in [3.05, 3.63) is 35.4 Å². The number of carbonyl (C=O) groups excluding carboxylic acids is 2. The molecule has 1 fully saturated rings. The molecule has 1 heterocycles. The van der Waals surface area contributed by atoms with Crippen LogP contribution in [0, 0.1) is 5.41 Å². The van der Waals surface area contributed by atoms with Crippen molar-refractivity contribution in [3.63, 3.8) is 0 Å². The molecule has 1 atom stereocenters. The molecule has 0 spiro atoms. The number of piperidine rings is 1. The number of hydrogen-bond donors (Lipinski definition) is 1. The summed E-state index contributed by atoms with van der Waals surface area (Å²) in [5.41, 5.74) is 7.31. The molecule has 5 nitrogen and oxygen atoms in total. The monoisotopic (exact) mass is 367 g/mol. The van der Waals surface area contributed by atoms with E-state index >= 15 is 0 Å². The minimum atomic E-state index is -0.0768. The molecule has 0 aliphatic carbocycles. The summed E-state index contributed by atoms with van der Waals surface area (Å²) >= 11 is 0. The van der Waals surface area contributed by atoms with Gasteiger partial charge in [-0.1, -0.05) is 13.8 Å². The molecule has 1 aromatic carbocycles. The van der Waals surface area contributed by atoms with E-state index in [1.165, 1.54) is 0 Å². The predicted octanol–water partition coefficient (Wildman–Crippen LogP) is 2.79. The third-order valence-corrected chi connectivity index (χ3v) is 5.03. The van der Waals surface area contributed by atoms with Crippen LogP contribution >= 0.6 is 12.4 Å². The van der Waals surface area contributed by atoms with Crippen molar-refractivity contribution in [3.8, 4) is 0 Å². The third-order valence-electron chi connectivity index (χ3n) is 5.03. The molecule has 0 aromatic heterocycles. The Hall–Kier alpha value is -1.59. The van der Waals surface area contributed by atoms with Crippen LogP contribution in [0.4, 0.5) is 0 Å². The Morgan fingerprint density at radius 2 is 1.68 bits per heavy atom. The van der Waals surface area contributed by atoms with Gasteiger partial charge in [-0.2, -0.15) is 0 Å². The number of hydrogen-bond acceptors (Lipinski definition) is 3. The van der Waals surface area contributed by atoms with Crippen LogP contribution in [-0.2, 0) is 0 Å². The summed E-state index contributed by atoms with van der Waals surface area (Å²) in [6.45, 7) is 10.8. The van der Waals surface area contributed by atoms with Crippen LogP contribution < -0.4 is 5.73 Å². The summed E-state index contributed by atoms with van der Waals surface area (Å²) in [6.07, 6.45) is 0.817. The molecular formula is C19H30ClN3O2. The van der Waals surface area contributed by atoms with Gasteiger partial charge in [-0.15, -0.1) is 12.4 Å². The summed E-state index contributed by atoms with van der Waals surface area (Å²) in [4.78, 5) is 28.7. The molecule has 1 aliphatic heterocycles. The molecule has 1 saturated heterocycles. The van der Waals surface area contributed by atoms with Crippen molar-refractivity contribution in [2.75, 3.05) is 26.2 Å². The molecule has 140 valence electrons.